The first kappa shape index (κ1) is 21.3. The fourth-order valence-corrected chi connectivity index (χ4v) is 5.07. The lowest BCUT2D eigenvalue weighted by molar-refractivity contribution is -0.150. The summed E-state index contributed by atoms with van der Waals surface area (Å²) in [4.78, 5) is 62.0. The van der Waals surface area contributed by atoms with Crippen LogP contribution in [0.1, 0.15) is 36.0 Å². The number of benzene rings is 1. The molecule has 4 atom stereocenters. The van der Waals surface area contributed by atoms with Crippen LogP contribution in [0.4, 0.5) is 0 Å². The summed E-state index contributed by atoms with van der Waals surface area (Å²) in [7, 11) is 0. The fourth-order valence-electron chi connectivity index (χ4n) is 4.95. The molecule has 1 heterocycles. The zero-order valence-electron chi connectivity index (χ0n) is 16.6. The van der Waals surface area contributed by atoms with Gasteiger partial charge in [0.05, 0.1) is 18.3 Å². The van der Waals surface area contributed by atoms with E-state index in [-0.39, 0.29) is 48.5 Å². The van der Waals surface area contributed by atoms with E-state index in [0.29, 0.717) is 10.6 Å². The van der Waals surface area contributed by atoms with E-state index < -0.39 is 24.4 Å². The molecule has 0 spiro atoms. The van der Waals surface area contributed by atoms with Crippen LogP contribution in [0.3, 0.4) is 0 Å². The SMILES string of the molecule is O=C(COC(=O)CCN1C(=O)[C@@H]2[C@H]3CC[C@@H](C3)[C@H]2C1=O)NNC(=O)c1ccc(Cl)cc1. The molecule has 31 heavy (non-hydrogen) atoms. The molecule has 0 aromatic heterocycles. The highest BCUT2D eigenvalue weighted by atomic mass is 35.5. The molecule has 2 bridgehead atoms. The minimum atomic E-state index is -0.727. The van der Waals surface area contributed by atoms with Crippen LogP contribution in [-0.2, 0) is 23.9 Å². The molecular formula is C21H22ClN3O6. The summed E-state index contributed by atoms with van der Waals surface area (Å²) < 4.78 is 4.87. The van der Waals surface area contributed by atoms with Crippen LogP contribution < -0.4 is 10.9 Å². The highest BCUT2D eigenvalue weighted by Gasteiger charge is 2.60. The highest BCUT2D eigenvalue weighted by molar-refractivity contribution is 6.30. The molecule has 1 aromatic rings. The molecule has 0 radical (unpaired) electrons. The normalized spacial score (nSPS) is 26.0. The fraction of sp³-hybridized carbons (Fsp3) is 0.476. The van der Waals surface area contributed by atoms with Gasteiger partial charge in [-0.05, 0) is 55.4 Å². The van der Waals surface area contributed by atoms with Gasteiger partial charge in [-0.2, -0.15) is 0 Å². The molecule has 1 aromatic carbocycles. The van der Waals surface area contributed by atoms with Gasteiger partial charge in [-0.1, -0.05) is 11.6 Å². The van der Waals surface area contributed by atoms with Gasteiger partial charge < -0.3 is 4.74 Å². The van der Waals surface area contributed by atoms with Crippen molar-refractivity contribution in [3.63, 3.8) is 0 Å². The predicted octanol–water partition coefficient (Wildman–Crippen LogP) is 1.07. The molecule has 4 rings (SSSR count). The monoisotopic (exact) mass is 447 g/mol. The van der Waals surface area contributed by atoms with E-state index in [1.54, 1.807) is 0 Å². The summed E-state index contributed by atoms with van der Waals surface area (Å²) in [6, 6.07) is 6.05. The first-order valence-electron chi connectivity index (χ1n) is 10.2. The van der Waals surface area contributed by atoms with Gasteiger partial charge in [0, 0.05) is 17.1 Å². The van der Waals surface area contributed by atoms with E-state index >= 15 is 0 Å². The number of hydrogen-bond donors (Lipinski definition) is 2. The number of carbonyl (C=O) groups excluding carboxylic acids is 5. The molecule has 10 heteroatoms. The van der Waals surface area contributed by atoms with Crippen molar-refractivity contribution in [2.45, 2.75) is 25.7 Å². The number of imide groups is 1. The maximum Gasteiger partial charge on any atom is 0.308 e. The third kappa shape index (κ3) is 4.27. The number of esters is 1. The summed E-state index contributed by atoms with van der Waals surface area (Å²) in [6.45, 7) is -0.644. The Bertz CT molecular complexity index is 906. The third-order valence-corrected chi connectivity index (χ3v) is 6.60. The summed E-state index contributed by atoms with van der Waals surface area (Å²) >= 11 is 5.75. The number of nitrogens with zero attached hydrogens (tertiary/aromatic N) is 1. The zero-order valence-corrected chi connectivity index (χ0v) is 17.4. The van der Waals surface area contributed by atoms with Crippen molar-refractivity contribution in [2.75, 3.05) is 13.2 Å². The average molecular weight is 448 g/mol. The second-order valence-electron chi connectivity index (χ2n) is 8.13. The van der Waals surface area contributed by atoms with Crippen molar-refractivity contribution in [3.05, 3.63) is 34.9 Å². The van der Waals surface area contributed by atoms with Gasteiger partial charge in [0.2, 0.25) is 11.8 Å². The number of hydrazine groups is 1. The third-order valence-electron chi connectivity index (χ3n) is 6.34. The lowest BCUT2D eigenvalue weighted by Gasteiger charge is -2.19. The largest absolute Gasteiger partial charge is 0.455 e. The average Bonchev–Trinajstić information content (AvgIpc) is 3.44. The quantitative estimate of drug-likeness (QED) is 0.382. The molecule has 9 nitrogen and oxygen atoms in total. The minimum absolute atomic E-state index is 0.0438. The predicted molar refractivity (Wildman–Crippen MR) is 107 cm³/mol. The van der Waals surface area contributed by atoms with Gasteiger partial charge in [-0.25, -0.2) is 0 Å². The number of fused-ring (bicyclic) bond motifs is 5. The number of rotatable bonds is 6. The molecular weight excluding hydrogens is 426 g/mol. The van der Waals surface area contributed by atoms with Gasteiger partial charge in [-0.15, -0.1) is 0 Å². The number of hydrogen-bond acceptors (Lipinski definition) is 6. The Morgan fingerprint density at radius 1 is 1.00 bits per heavy atom. The van der Waals surface area contributed by atoms with E-state index in [2.05, 4.69) is 10.9 Å². The zero-order chi connectivity index (χ0) is 22.1. The van der Waals surface area contributed by atoms with Crippen molar-refractivity contribution < 1.29 is 28.7 Å². The number of ether oxygens (including phenoxy) is 1. The van der Waals surface area contributed by atoms with Crippen molar-refractivity contribution in [2.24, 2.45) is 23.7 Å². The second kappa shape index (κ2) is 8.66. The molecule has 164 valence electrons. The summed E-state index contributed by atoms with van der Waals surface area (Å²) in [5.74, 6) is -2.23. The van der Waals surface area contributed by atoms with Gasteiger partial charge in [-0.3, -0.25) is 39.7 Å². The van der Waals surface area contributed by atoms with Crippen molar-refractivity contribution in [1.29, 1.82) is 0 Å². The van der Waals surface area contributed by atoms with E-state index in [4.69, 9.17) is 16.3 Å². The lowest BCUT2D eigenvalue weighted by atomic mass is 9.81. The first-order valence-corrected chi connectivity index (χ1v) is 10.6. The minimum Gasteiger partial charge on any atom is -0.455 e. The highest BCUT2D eigenvalue weighted by Crippen LogP contribution is 2.56. The molecule has 2 saturated carbocycles. The number of carbonyl (C=O) groups is 5. The number of amides is 4. The summed E-state index contributed by atoms with van der Waals surface area (Å²) in [5, 5.41) is 0.473. The van der Waals surface area contributed by atoms with E-state index in [0.717, 1.165) is 19.3 Å². The van der Waals surface area contributed by atoms with Gasteiger partial charge in [0.25, 0.3) is 11.8 Å². The van der Waals surface area contributed by atoms with Crippen molar-refractivity contribution in [1.82, 2.24) is 15.8 Å². The van der Waals surface area contributed by atoms with E-state index in [1.807, 2.05) is 0 Å². The van der Waals surface area contributed by atoms with Crippen LogP contribution in [0.25, 0.3) is 0 Å². The Kier molecular flexibility index (Phi) is 5.95. The first-order chi connectivity index (χ1) is 14.8. The number of halogens is 1. The molecule has 2 aliphatic carbocycles. The Morgan fingerprint density at radius 3 is 2.23 bits per heavy atom. The Hall–Kier alpha value is -2.94. The summed E-state index contributed by atoms with van der Waals surface area (Å²) in [6.07, 6.45) is 2.75. The van der Waals surface area contributed by atoms with Crippen LogP contribution in [0.15, 0.2) is 24.3 Å². The van der Waals surface area contributed by atoms with Crippen LogP contribution in [0, 0.1) is 23.7 Å². The van der Waals surface area contributed by atoms with Crippen molar-refractivity contribution >= 4 is 41.2 Å². The maximum absolute atomic E-state index is 12.6. The number of nitrogens with one attached hydrogen (secondary N) is 2. The molecule has 3 fully saturated rings. The Morgan fingerprint density at radius 2 is 1.61 bits per heavy atom. The van der Waals surface area contributed by atoms with Gasteiger partial charge >= 0.3 is 5.97 Å². The maximum atomic E-state index is 12.6. The van der Waals surface area contributed by atoms with Crippen LogP contribution >= 0.6 is 11.6 Å². The molecule has 4 amide bonds. The van der Waals surface area contributed by atoms with Crippen LogP contribution in [0.5, 0.6) is 0 Å². The Balaban J connectivity index is 1.17. The van der Waals surface area contributed by atoms with Gasteiger partial charge in [0.15, 0.2) is 6.61 Å². The standard InChI is InChI=1S/C21H22ClN3O6/c22-14-5-3-11(4-6-14)19(28)24-23-15(26)10-31-16(27)7-8-25-20(29)17-12-1-2-13(9-12)18(17)21(25)30/h3-6,12-13,17-18H,1-2,7-10H2,(H,23,26)(H,24,28)/t12-,13-,17+,18+/m0/s1. The van der Waals surface area contributed by atoms with Crippen LogP contribution in [0.2, 0.25) is 5.02 Å². The van der Waals surface area contributed by atoms with E-state index in [9.17, 15) is 24.0 Å². The van der Waals surface area contributed by atoms with Crippen molar-refractivity contribution in [3.8, 4) is 0 Å². The molecule has 3 aliphatic rings. The smallest absolute Gasteiger partial charge is 0.308 e. The topological polar surface area (TPSA) is 122 Å². The molecule has 0 unspecified atom stereocenters. The lowest BCUT2D eigenvalue weighted by Crippen LogP contribution is -2.43. The summed E-state index contributed by atoms with van der Waals surface area (Å²) in [5.41, 5.74) is 4.63. The Labute approximate surface area is 183 Å². The van der Waals surface area contributed by atoms with Crippen LogP contribution in [-0.4, -0.2) is 47.6 Å². The van der Waals surface area contributed by atoms with E-state index in [1.165, 1.54) is 29.2 Å². The molecule has 2 N–H and O–H groups in total. The number of likely N-dealkylation sites (tertiary alicyclic amines) is 1. The molecule has 1 saturated heterocycles. The second-order valence-corrected chi connectivity index (χ2v) is 8.57. The van der Waals surface area contributed by atoms with Gasteiger partial charge in [0.1, 0.15) is 0 Å². The molecule has 1 aliphatic heterocycles.